The van der Waals surface area contributed by atoms with E-state index in [1.807, 2.05) is 0 Å². The summed E-state index contributed by atoms with van der Waals surface area (Å²) >= 11 is 0. The molecule has 0 spiro atoms. The third kappa shape index (κ3) is 1.65. The van der Waals surface area contributed by atoms with Crippen molar-refractivity contribution >= 4 is 5.97 Å². The van der Waals surface area contributed by atoms with Crippen molar-refractivity contribution in [2.24, 2.45) is 0 Å². The summed E-state index contributed by atoms with van der Waals surface area (Å²) in [6, 6.07) is 0. The Morgan fingerprint density at radius 1 is 1.60 bits per heavy atom. The van der Waals surface area contributed by atoms with Crippen molar-refractivity contribution in [3.05, 3.63) is 17.3 Å². The van der Waals surface area contributed by atoms with Crippen LogP contribution in [0.1, 0.15) is 41.1 Å². The molecule has 0 bridgehead atoms. The first-order valence-corrected chi connectivity index (χ1v) is 4.87. The lowest BCUT2D eigenvalue weighted by atomic mass is 9.79. The number of aromatic nitrogens is 2. The van der Waals surface area contributed by atoms with Crippen LogP contribution in [0, 0.1) is 0 Å². The third-order valence-corrected chi connectivity index (χ3v) is 2.80. The summed E-state index contributed by atoms with van der Waals surface area (Å²) in [5, 5.41) is 16.5. The van der Waals surface area contributed by atoms with Gasteiger partial charge in [-0.05, 0) is 24.3 Å². The molecular formula is C10H12N2O3. The van der Waals surface area contributed by atoms with Crippen molar-refractivity contribution < 1.29 is 14.6 Å². The molecule has 1 fully saturated rings. The van der Waals surface area contributed by atoms with Crippen LogP contribution in [0.5, 0.6) is 5.88 Å². The molecule has 1 N–H and O–H groups in total. The van der Waals surface area contributed by atoms with Gasteiger partial charge in [-0.15, -0.1) is 5.10 Å². The Morgan fingerprint density at radius 3 is 2.80 bits per heavy atom. The molecule has 0 amide bonds. The fourth-order valence-electron chi connectivity index (χ4n) is 1.77. The highest BCUT2D eigenvalue weighted by Crippen LogP contribution is 2.39. The predicted octanol–water partition coefficient (Wildman–Crippen LogP) is 1.45. The van der Waals surface area contributed by atoms with Crippen LogP contribution in [0.3, 0.4) is 0 Å². The number of rotatable bonds is 3. The number of carboxylic acids is 1. The Kier molecular flexibility index (Phi) is 2.53. The van der Waals surface area contributed by atoms with Gasteiger partial charge in [0.2, 0.25) is 5.88 Å². The third-order valence-electron chi connectivity index (χ3n) is 2.80. The molecule has 5 heteroatoms. The molecule has 2 rings (SSSR count). The maximum atomic E-state index is 11.1. The van der Waals surface area contributed by atoms with Crippen LogP contribution in [0.2, 0.25) is 0 Å². The van der Waals surface area contributed by atoms with Crippen molar-refractivity contribution in [2.45, 2.75) is 25.2 Å². The fourth-order valence-corrected chi connectivity index (χ4v) is 1.77. The molecule has 80 valence electrons. The fraction of sp³-hybridized carbons (Fsp3) is 0.500. The summed E-state index contributed by atoms with van der Waals surface area (Å²) in [5.41, 5.74) is 0.915. The zero-order valence-electron chi connectivity index (χ0n) is 8.43. The van der Waals surface area contributed by atoms with Crippen LogP contribution in [0.25, 0.3) is 0 Å². The first-order chi connectivity index (χ1) is 7.24. The summed E-state index contributed by atoms with van der Waals surface area (Å²) in [6.45, 7) is 0. The van der Waals surface area contributed by atoms with Gasteiger partial charge in [-0.2, -0.15) is 5.10 Å². The van der Waals surface area contributed by atoms with Gasteiger partial charge < -0.3 is 9.84 Å². The van der Waals surface area contributed by atoms with Gasteiger partial charge in [0.25, 0.3) is 0 Å². The molecule has 0 radical (unpaired) electrons. The highest BCUT2D eigenvalue weighted by atomic mass is 16.5. The number of carboxylic acid groups (broad SMARTS) is 1. The van der Waals surface area contributed by atoms with Gasteiger partial charge in [-0.1, -0.05) is 6.42 Å². The van der Waals surface area contributed by atoms with Crippen LogP contribution < -0.4 is 4.74 Å². The highest BCUT2D eigenvalue weighted by molar-refractivity contribution is 5.92. The molecule has 15 heavy (non-hydrogen) atoms. The minimum Gasteiger partial charge on any atom is -0.479 e. The molecule has 0 unspecified atom stereocenters. The Bertz CT molecular complexity index is 388. The minimum atomic E-state index is -0.997. The second-order valence-electron chi connectivity index (χ2n) is 3.62. The molecule has 5 nitrogen and oxygen atoms in total. The Labute approximate surface area is 87.1 Å². The average molecular weight is 208 g/mol. The maximum absolute atomic E-state index is 11.1. The molecule has 1 aromatic heterocycles. The van der Waals surface area contributed by atoms with Crippen molar-refractivity contribution in [1.29, 1.82) is 0 Å². The van der Waals surface area contributed by atoms with Crippen LogP contribution in [-0.2, 0) is 0 Å². The van der Waals surface area contributed by atoms with E-state index in [2.05, 4.69) is 10.2 Å². The zero-order valence-corrected chi connectivity index (χ0v) is 8.43. The second-order valence-corrected chi connectivity index (χ2v) is 3.62. The van der Waals surface area contributed by atoms with Crippen LogP contribution in [0.15, 0.2) is 6.20 Å². The Balaban J connectivity index is 2.47. The van der Waals surface area contributed by atoms with E-state index in [9.17, 15) is 4.79 Å². The van der Waals surface area contributed by atoms with Gasteiger partial charge in [-0.3, -0.25) is 0 Å². The van der Waals surface area contributed by atoms with Gasteiger partial charge in [0, 0.05) is 0 Å². The van der Waals surface area contributed by atoms with E-state index >= 15 is 0 Å². The Morgan fingerprint density at radius 2 is 2.33 bits per heavy atom. The van der Waals surface area contributed by atoms with Gasteiger partial charge in [-0.25, -0.2) is 4.79 Å². The molecule has 0 saturated heterocycles. The summed E-state index contributed by atoms with van der Waals surface area (Å²) in [6.07, 6.45) is 4.73. The number of ether oxygens (including phenoxy) is 1. The van der Waals surface area contributed by atoms with Gasteiger partial charge >= 0.3 is 5.97 Å². The van der Waals surface area contributed by atoms with E-state index in [1.54, 1.807) is 0 Å². The van der Waals surface area contributed by atoms with Gasteiger partial charge in [0.15, 0.2) is 0 Å². The smallest absolute Gasteiger partial charge is 0.341 e. The molecule has 1 heterocycles. The van der Waals surface area contributed by atoms with Crippen LogP contribution in [-0.4, -0.2) is 28.4 Å². The molecular weight excluding hydrogens is 196 g/mol. The lowest BCUT2D eigenvalue weighted by molar-refractivity contribution is 0.0689. The lowest BCUT2D eigenvalue weighted by Gasteiger charge is -2.26. The Hall–Kier alpha value is -1.65. The quantitative estimate of drug-likeness (QED) is 0.813. The van der Waals surface area contributed by atoms with E-state index in [1.165, 1.54) is 13.3 Å². The molecule has 0 aliphatic heterocycles. The highest BCUT2D eigenvalue weighted by Gasteiger charge is 2.28. The number of hydrogen-bond acceptors (Lipinski definition) is 4. The monoisotopic (exact) mass is 208 g/mol. The normalized spacial score (nSPS) is 15.8. The van der Waals surface area contributed by atoms with Crippen molar-refractivity contribution in [3.8, 4) is 5.88 Å². The SMILES string of the molecule is COc1nncc(C2CCC2)c1C(=O)O. The number of carbonyl (C=O) groups is 1. The summed E-state index contributed by atoms with van der Waals surface area (Å²) < 4.78 is 4.91. The predicted molar refractivity (Wildman–Crippen MR) is 52.1 cm³/mol. The molecule has 0 aromatic carbocycles. The first kappa shape index (κ1) is 9.89. The van der Waals surface area contributed by atoms with E-state index in [0.29, 0.717) is 5.92 Å². The average Bonchev–Trinajstić information content (AvgIpc) is 2.14. The molecule has 1 aliphatic carbocycles. The molecule has 1 saturated carbocycles. The number of nitrogens with zero attached hydrogens (tertiary/aromatic N) is 2. The second kappa shape index (κ2) is 3.84. The van der Waals surface area contributed by atoms with E-state index < -0.39 is 5.97 Å². The lowest BCUT2D eigenvalue weighted by Crippen LogP contribution is -2.16. The van der Waals surface area contributed by atoms with E-state index in [-0.39, 0.29) is 11.4 Å². The number of aromatic carboxylic acids is 1. The molecule has 1 aliphatic rings. The topological polar surface area (TPSA) is 72.3 Å². The molecule has 1 aromatic rings. The standard InChI is InChI=1S/C10H12N2O3/c1-15-9-8(10(13)14)7(5-11-12-9)6-3-2-4-6/h5-6H,2-4H2,1H3,(H,13,14). The maximum Gasteiger partial charge on any atom is 0.341 e. The van der Waals surface area contributed by atoms with Crippen molar-refractivity contribution in [3.63, 3.8) is 0 Å². The number of methoxy groups -OCH3 is 1. The van der Waals surface area contributed by atoms with Gasteiger partial charge in [0.05, 0.1) is 13.3 Å². The number of hydrogen-bond donors (Lipinski definition) is 1. The van der Waals surface area contributed by atoms with Crippen LogP contribution in [0.4, 0.5) is 0 Å². The van der Waals surface area contributed by atoms with E-state index in [4.69, 9.17) is 9.84 Å². The van der Waals surface area contributed by atoms with Gasteiger partial charge in [0.1, 0.15) is 5.56 Å². The van der Waals surface area contributed by atoms with Crippen molar-refractivity contribution in [2.75, 3.05) is 7.11 Å². The largest absolute Gasteiger partial charge is 0.479 e. The minimum absolute atomic E-state index is 0.104. The van der Waals surface area contributed by atoms with E-state index in [0.717, 1.165) is 24.8 Å². The summed E-state index contributed by atoms with van der Waals surface area (Å²) in [4.78, 5) is 11.1. The zero-order chi connectivity index (χ0) is 10.8. The van der Waals surface area contributed by atoms with Crippen molar-refractivity contribution in [1.82, 2.24) is 10.2 Å². The van der Waals surface area contributed by atoms with Crippen LogP contribution >= 0.6 is 0 Å². The summed E-state index contributed by atoms with van der Waals surface area (Å²) in [5.74, 6) is -0.587. The molecule has 0 atom stereocenters. The first-order valence-electron chi connectivity index (χ1n) is 4.87. The summed E-state index contributed by atoms with van der Waals surface area (Å²) in [7, 11) is 1.40.